The fourth-order valence-electron chi connectivity index (χ4n) is 3.14. The van der Waals surface area contributed by atoms with Gasteiger partial charge in [-0.05, 0) is 43.5 Å². The molecule has 23 heavy (non-hydrogen) atoms. The highest BCUT2D eigenvalue weighted by Gasteiger charge is 2.26. The van der Waals surface area contributed by atoms with Crippen molar-refractivity contribution in [1.82, 2.24) is 0 Å². The first-order chi connectivity index (χ1) is 11.2. The number of amides is 1. The normalized spacial score (nSPS) is 13.4. The van der Waals surface area contributed by atoms with E-state index in [2.05, 4.69) is 13.0 Å². The number of hydrogen-bond donors (Lipinski definition) is 0. The Kier molecular flexibility index (Phi) is 4.24. The molecule has 1 aliphatic heterocycles. The van der Waals surface area contributed by atoms with Crippen molar-refractivity contribution >= 4 is 11.6 Å². The van der Waals surface area contributed by atoms with E-state index in [0.717, 1.165) is 25.1 Å². The molecule has 0 saturated heterocycles. The summed E-state index contributed by atoms with van der Waals surface area (Å²) in [6.45, 7) is 2.79. The molecule has 4 nitrogen and oxygen atoms in total. The molecule has 1 aliphatic rings. The fourth-order valence-corrected chi connectivity index (χ4v) is 3.14. The van der Waals surface area contributed by atoms with E-state index in [4.69, 9.17) is 9.47 Å². The molecule has 3 rings (SSSR count). The second-order valence-corrected chi connectivity index (χ2v) is 5.73. The highest BCUT2D eigenvalue weighted by Crippen LogP contribution is 2.34. The van der Waals surface area contributed by atoms with Crippen LogP contribution < -0.4 is 14.4 Å². The highest BCUT2D eigenvalue weighted by atomic mass is 16.5. The Balaban J connectivity index is 2.03. The smallest absolute Gasteiger partial charge is 0.262 e. The number of fused-ring (bicyclic) bond motifs is 1. The number of methoxy groups -OCH3 is 2. The molecule has 120 valence electrons. The number of nitrogens with zero attached hydrogens (tertiary/aromatic N) is 1. The first-order valence-electron chi connectivity index (χ1n) is 7.78. The minimum absolute atomic E-state index is 0.0504. The van der Waals surface area contributed by atoms with Crippen molar-refractivity contribution in [3.63, 3.8) is 0 Å². The van der Waals surface area contributed by atoms with Gasteiger partial charge in [-0.2, -0.15) is 0 Å². The van der Waals surface area contributed by atoms with E-state index in [0.29, 0.717) is 17.1 Å². The van der Waals surface area contributed by atoms with E-state index >= 15 is 0 Å². The lowest BCUT2D eigenvalue weighted by molar-refractivity contribution is 0.0981. The second-order valence-electron chi connectivity index (χ2n) is 5.73. The maximum Gasteiger partial charge on any atom is 0.262 e. The van der Waals surface area contributed by atoms with Crippen molar-refractivity contribution in [3.05, 3.63) is 53.1 Å². The number of rotatable bonds is 3. The molecular formula is C19H21NO3. The van der Waals surface area contributed by atoms with Gasteiger partial charge in [-0.3, -0.25) is 4.79 Å². The summed E-state index contributed by atoms with van der Waals surface area (Å²) in [6.07, 6.45) is 1.98. The van der Waals surface area contributed by atoms with Crippen molar-refractivity contribution in [2.24, 2.45) is 0 Å². The first kappa shape index (κ1) is 15.4. The van der Waals surface area contributed by atoms with Gasteiger partial charge >= 0.3 is 0 Å². The molecule has 0 aromatic heterocycles. The van der Waals surface area contributed by atoms with E-state index in [1.54, 1.807) is 26.4 Å². The summed E-state index contributed by atoms with van der Waals surface area (Å²) in [5, 5.41) is 0. The topological polar surface area (TPSA) is 38.8 Å². The van der Waals surface area contributed by atoms with Crippen LogP contribution in [-0.2, 0) is 6.42 Å². The van der Waals surface area contributed by atoms with Gasteiger partial charge in [0.2, 0.25) is 0 Å². The zero-order valence-electron chi connectivity index (χ0n) is 13.8. The molecule has 0 aliphatic carbocycles. The second kappa shape index (κ2) is 6.32. The van der Waals surface area contributed by atoms with Crippen molar-refractivity contribution in [2.75, 3.05) is 25.7 Å². The number of carbonyl (C=O) groups is 1. The summed E-state index contributed by atoms with van der Waals surface area (Å²) >= 11 is 0. The van der Waals surface area contributed by atoms with Gasteiger partial charge in [0, 0.05) is 12.2 Å². The number of para-hydroxylation sites is 1. The Labute approximate surface area is 136 Å². The van der Waals surface area contributed by atoms with E-state index in [1.807, 2.05) is 23.1 Å². The van der Waals surface area contributed by atoms with Crippen LogP contribution in [0.5, 0.6) is 11.5 Å². The maximum atomic E-state index is 13.1. The van der Waals surface area contributed by atoms with Crippen molar-refractivity contribution < 1.29 is 14.3 Å². The summed E-state index contributed by atoms with van der Waals surface area (Å²) in [7, 11) is 3.13. The van der Waals surface area contributed by atoms with Gasteiger partial charge in [-0.25, -0.2) is 0 Å². The van der Waals surface area contributed by atoms with E-state index < -0.39 is 0 Å². The average Bonchev–Trinajstić information content (AvgIpc) is 2.59. The van der Waals surface area contributed by atoms with Gasteiger partial charge in [0.25, 0.3) is 5.91 Å². The number of hydrogen-bond acceptors (Lipinski definition) is 3. The van der Waals surface area contributed by atoms with Crippen LogP contribution in [0.1, 0.15) is 27.9 Å². The van der Waals surface area contributed by atoms with E-state index in [1.165, 1.54) is 11.1 Å². The van der Waals surface area contributed by atoms with Crippen LogP contribution in [0.15, 0.2) is 36.4 Å². The molecular weight excluding hydrogens is 290 g/mol. The van der Waals surface area contributed by atoms with E-state index in [9.17, 15) is 4.79 Å². The molecule has 0 N–H and O–H groups in total. The molecule has 1 heterocycles. The molecule has 0 unspecified atom stereocenters. The Morgan fingerprint density at radius 3 is 2.70 bits per heavy atom. The van der Waals surface area contributed by atoms with Crippen molar-refractivity contribution in [1.29, 1.82) is 0 Å². The number of anilines is 1. The van der Waals surface area contributed by atoms with E-state index in [-0.39, 0.29) is 5.91 Å². The number of aryl methyl sites for hydroxylation is 2. The lowest BCUT2D eigenvalue weighted by Crippen LogP contribution is -2.35. The van der Waals surface area contributed by atoms with Crippen LogP contribution in [0.2, 0.25) is 0 Å². The van der Waals surface area contributed by atoms with Crippen LogP contribution in [-0.4, -0.2) is 26.7 Å². The predicted octanol–water partition coefficient (Wildman–Crippen LogP) is 3.61. The van der Waals surface area contributed by atoms with Crippen molar-refractivity contribution in [2.45, 2.75) is 19.8 Å². The maximum absolute atomic E-state index is 13.1. The first-order valence-corrected chi connectivity index (χ1v) is 7.78. The van der Waals surface area contributed by atoms with Crippen LogP contribution in [0.25, 0.3) is 0 Å². The summed E-state index contributed by atoms with van der Waals surface area (Å²) in [5.41, 5.74) is 3.97. The molecule has 0 saturated carbocycles. The lowest BCUT2D eigenvalue weighted by atomic mass is 9.98. The third-order valence-corrected chi connectivity index (χ3v) is 4.23. The summed E-state index contributed by atoms with van der Waals surface area (Å²) in [5.74, 6) is 1.00. The number of ether oxygens (including phenoxy) is 2. The fraction of sp³-hybridized carbons (Fsp3) is 0.316. The zero-order valence-corrected chi connectivity index (χ0v) is 13.8. The monoisotopic (exact) mass is 311 g/mol. The molecule has 4 heteroatoms. The quantitative estimate of drug-likeness (QED) is 0.869. The number of carbonyl (C=O) groups excluding carboxylic acids is 1. The summed E-state index contributed by atoms with van der Waals surface area (Å²) in [4.78, 5) is 14.9. The number of benzene rings is 2. The highest BCUT2D eigenvalue weighted by molar-refractivity contribution is 6.09. The third kappa shape index (κ3) is 2.77. The van der Waals surface area contributed by atoms with Gasteiger partial charge < -0.3 is 14.4 Å². The molecule has 0 radical (unpaired) electrons. The molecule has 2 aromatic rings. The summed E-state index contributed by atoms with van der Waals surface area (Å²) < 4.78 is 10.7. The van der Waals surface area contributed by atoms with Gasteiger partial charge in [0.1, 0.15) is 0 Å². The van der Waals surface area contributed by atoms with Gasteiger partial charge in [0.15, 0.2) is 11.5 Å². The lowest BCUT2D eigenvalue weighted by Gasteiger charge is -2.30. The standard InChI is InChI=1S/C19H21NO3/c1-13-9-10-16-14(12-13)6-5-11-20(16)19(21)15-7-4-8-17(22-2)18(15)23-3/h4,7-10,12H,5-6,11H2,1-3H3. The molecule has 0 fully saturated rings. The minimum Gasteiger partial charge on any atom is -0.493 e. The van der Waals surface area contributed by atoms with Gasteiger partial charge in [0.05, 0.1) is 19.8 Å². The largest absolute Gasteiger partial charge is 0.493 e. The van der Waals surface area contributed by atoms with Crippen LogP contribution in [0, 0.1) is 6.92 Å². The Bertz CT molecular complexity index is 739. The molecule has 2 aromatic carbocycles. The van der Waals surface area contributed by atoms with Gasteiger partial charge in [-0.15, -0.1) is 0 Å². The molecule has 0 atom stereocenters. The Hall–Kier alpha value is -2.49. The molecule has 1 amide bonds. The molecule has 0 spiro atoms. The van der Waals surface area contributed by atoms with Crippen molar-refractivity contribution in [3.8, 4) is 11.5 Å². The Morgan fingerprint density at radius 2 is 1.96 bits per heavy atom. The van der Waals surface area contributed by atoms with Crippen LogP contribution >= 0.6 is 0 Å². The predicted molar refractivity (Wildman–Crippen MR) is 90.7 cm³/mol. The SMILES string of the molecule is COc1cccc(C(=O)N2CCCc3cc(C)ccc32)c1OC. The average molecular weight is 311 g/mol. The van der Waals surface area contributed by atoms with Gasteiger partial charge in [-0.1, -0.05) is 23.8 Å². The Morgan fingerprint density at radius 1 is 1.13 bits per heavy atom. The summed E-state index contributed by atoms with van der Waals surface area (Å²) in [6, 6.07) is 11.6. The van der Waals surface area contributed by atoms with Crippen LogP contribution in [0.4, 0.5) is 5.69 Å². The third-order valence-electron chi connectivity index (χ3n) is 4.23. The van der Waals surface area contributed by atoms with Crippen LogP contribution in [0.3, 0.4) is 0 Å². The zero-order chi connectivity index (χ0) is 16.4. The molecule has 0 bridgehead atoms. The minimum atomic E-state index is -0.0504.